The fourth-order valence-electron chi connectivity index (χ4n) is 0.116. The summed E-state index contributed by atoms with van der Waals surface area (Å²) in [5.74, 6) is 0. The SMILES string of the molecule is O=S(=O)(O)O[As](=O)(O)F. The van der Waals surface area contributed by atoms with Crippen molar-refractivity contribution in [3.8, 4) is 0 Å². The second-order valence-corrected chi connectivity index (χ2v) is 4.79. The van der Waals surface area contributed by atoms with E-state index in [0.717, 1.165) is 0 Å². The van der Waals surface area contributed by atoms with Crippen molar-refractivity contribution < 1.29 is 27.4 Å². The maximum atomic E-state index is 11.3. The third-order valence-electron chi connectivity index (χ3n) is 0.186. The van der Waals surface area contributed by atoms with E-state index >= 15 is 0 Å². The van der Waals surface area contributed by atoms with Crippen LogP contribution in [0.4, 0.5) is 3.47 Å². The van der Waals surface area contributed by atoms with Crippen LogP contribution in [0.2, 0.25) is 0 Å². The van der Waals surface area contributed by atoms with Gasteiger partial charge in [0.25, 0.3) is 0 Å². The van der Waals surface area contributed by atoms with Gasteiger partial charge >= 0.3 is 52.5 Å². The molecule has 0 rings (SSSR count). The summed E-state index contributed by atoms with van der Waals surface area (Å²) in [6.07, 6.45) is 0. The van der Waals surface area contributed by atoms with E-state index in [4.69, 9.17) is 8.65 Å². The molecule has 0 aliphatic heterocycles. The molecule has 0 spiro atoms. The summed E-state index contributed by atoms with van der Waals surface area (Å²) in [6.45, 7) is 0. The van der Waals surface area contributed by atoms with Gasteiger partial charge in [-0.15, -0.1) is 0 Å². The quantitative estimate of drug-likeness (QED) is 0.443. The Bertz CT molecular complexity index is 219. The first-order valence-electron chi connectivity index (χ1n) is 1.42. The average Bonchev–Trinajstić information content (AvgIpc) is 1.14. The predicted octanol–water partition coefficient (Wildman–Crippen LogP) is -1.37. The van der Waals surface area contributed by atoms with E-state index < -0.39 is 25.0 Å². The molecule has 0 aliphatic rings. The van der Waals surface area contributed by atoms with Crippen molar-refractivity contribution in [2.75, 3.05) is 0 Å². The van der Waals surface area contributed by atoms with Crippen LogP contribution in [0.3, 0.4) is 0 Å². The molecule has 0 aromatic rings. The molecule has 0 aromatic carbocycles. The standard InChI is InChI=1S/AsFH2O6S/c2-1(3,4)8-9(5,6)7/h(H,3,4)(H,5,6,7). The number of rotatable bonds is 2. The first-order valence-corrected chi connectivity index (χ1v) is 5.86. The zero-order chi connectivity index (χ0) is 7.71. The van der Waals surface area contributed by atoms with Crippen LogP contribution in [0.1, 0.15) is 0 Å². The van der Waals surface area contributed by atoms with Gasteiger partial charge < -0.3 is 0 Å². The predicted molar refractivity (Wildman–Crippen MR) is 22.4 cm³/mol. The van der Waals surface area contributed by atoms with Crippen LogP contribution in [0.5, 0.6) is 0 Å². The topological polar surface area (TPSA) is 101 Å². The van der Waals surface area contributed by atoms with Gasteiger partial charge in [-0.2, -0.15) is 0 Å². The molecule has 1 atom stereocenters. The van der Waals surface area contributed by atoms with Gasteiger partial charge in [0.1, 0.15) is 0 Å². The number of hydrogen-bond donors (Lipinski definition) is 2. The van der Waals surface area contributed by atoms with Gasteiger partial charge in [0.05, 0.1) is 0 Å². The summed E-state index contributed by atoms with van der Waals surface area (Å²) in [6, 6.07) is 0. The molecule has 0 heterocycles. The second-order valence-electron chi connectivity index (χ2n) is 0.954. The van der Waals surface area contributed by atoms with E-state index in [2.05, 4.69) is 3.17 Å². The van der Waals surface area contributed by atoms with E-state index in [9.17, 15) is 15.6 Å². The van der Waals surface area contributed by atoms with Crippen molar-refractivity contribution >= 4 is 25.0 Å². The molecule has 9 heteroatoms. The zero-order valence-corrected chi connectivity index (χ0v) is 6.45. The van der Waals surface area contributed by atoms with Crippen LogP contribution >= 0.6 is 0 Å². The van der Waals surface area contributed by atoms with Gasteiger partial charge in [-0.3, -0.25) is 0 Å². The van der Waals surface area contributed by atoms with Crippen LogP contribution in [0.25, 0.3) is 0 Å². The summed E-state index contributed by atoms with van der Waals surface area (Å²) in [5, 5.41) is 0. The molecule has 0 radical (unpaired) electrons. The molecule has 2 N–H and O–H groups in total. The van der Waals surface area contributed by atoms with Crippen molar-refractivity contribution in [1.82, 2.24) is 0 Å². The molecule has 1 unspecified atom stereocenters. The Morgan fingerprint density at radius 3 is 1.89 bits per heavy atom. The van der Waals surface area contributed by atoms with Crippen LogP contribution in [-0.4, -0.2) is 31.7 Å². The first kappa shape index (κ1) is 9.12. The van der Waals surface area contributed by atoms with E-state index in [1.807, 2.05) is 0 Å². The molecule has 6 nitrogen and oxygen atoms in total. The molecule has 0 amide bonds. The Morgan fingerprint density at radius 2 is 1.89 bits per heavy atom. The van der Waals surface area contributed by atoms with Crippen molar-refractivity contribution in [3.05, 3.63) is 0 Å². The molecular weight excluding hydrogens is 222 g/mol. The van der Waals surface area contributed by atoms with Crippen LogP contribution in [0.15, 0.2) is 0 Å². The Kier molecular flexibility index (Phi) is 2.42. The van der Waals surface area contributed by atoms with Gasteiger partial charge in [0.15, 0.2) is 0 Å². The monoisotopic (exact) mass is 224 g/mol. The molecule has 0 aliphatic carbocycles. The van der Waals surface area contributed by atoms with Crippen LogP contribution in [-0.2, 0) is 17.3 Å². The van der Waals surface area contributed by atoms with Gasteiger partial charge in [0, 0.05) is 0 Å². The summed E-state index contributed by atoms with van der Waals surface area (Å²) in [7, 11) is -5.14. The van der Waals surface area contributed by atoms with Crippen LogP contribution < -0.4 is 0 Å². The molecule has 0 aromatic heterocycles. The zero-order valence-electron chi connectivity index (χ0n) is 3.76. The molecule has 0 saturated carbocycles. The number of halogens is 1. The van der Waals surface area contributed by atoms with Crippen molar-refractivity contribution in [2.45, 2.75) is 0 Å². The summed E-state index contributed by atoms with van der Waals surface area (Å²) in [5.41, 5.74) is 0. The second kappa shape index (κ2) is 2.39. The average molecular weight is 224 g/mol. The van der Waals surface area contributed by atoms with Gasteiger partial charge in [-0.25, -0.2) is 0 Å². The molecule has 0 fully saturated rings. The number of hydrogen-bond acceptors (Lipinski definition) is 4. The first-order chi connectivity index (χ1) is 3.71. The molecule has 0 saturated heterocycles. The summed E-state index contributed by atoms with van der Waals surface area (Å²) < 4.78 is 57.3. The van der Waals surface area contributed by atoms with E-state index in [1.54, 1.807) is 0 Å². The van der Waals surface area contributed by atoms with Gasteiger partial charge in [0.2, 0.25) is 0 Å². The molecule has 0 bridgehead atoms. The van der Waals surface area contributed by atoms with Crippen molar-refractivity contribution in [1.29, 1.82) is 0 Å². The van der Waals surface area contributed by atoms with Gasteiger partial charge in [-0.1, -0.05) is 0 Å². The minimum atomic E-state index is -6.18. The third-order valence-corrected chi connectivity index (χ3v) is 2.90. The molecule has 9 heavy (non-hydrogen) atoms. The Hall–Kier alpha value is 0.118. The molecular formula is H2AsFO6S. The Morgan fingerprint density at radius 1 is 1.56 bits per heavy atom. The Labute approximate surface area is 53.1 Å². The third kappa shape index (κ3) is 8.12. The van der Waals surface area contributed by atoms with Crippen molar-refractivity contribution in [3.63, 3.8) is 0 Å². The maximum absolute atomic E-state index is 11.3. The fourth-order valence-corrected chi connectivity index (χ4v) is 1.81. The van der Waals surface area contributed by atoms with E-state index in [1.165, 1.54) is 0 Å². The van der Waals surface area contributed by atoms with Crippen LogP contribution in [0, 0.1) is 0 Å². The fraction of sp³-hybridized carbons (Fsp3) is 0. The summed E-state index contributed by atoms with van der Waals surface area (Å²) in [4.78, 5) is 0. The van der Waals surface area contributed by atoms with Crippen molar-refractivity contribution in [2.24, 2.45) is 0 Å². The van der Waals surface area contributed by atoms with Gasteiger partial charge in [-0.05, 0) is 0 Å². The van der Waals surface area contributed by atoms with E-state index in [-0.39, 0.29) is 0 Å². The molecule has 56 valence electrons. The minimum absolute atomic E-state index is 2.66. The Balaban J connectivity index is 4.26. The summed E-state index contributed by atoms with van der Waals surface area (Å²) >= 11 is -6.18. The van der Waals surface area contributed by atoms with E-state index in [0.29, 0.717) is 0 Å². The normalized spacial score (nSPS) is 19.0.